The van der Waals surface area contributed by atoms with Crippen molar-refractivity contribution in [1.82, 2.24) is 15.1 Å². The zero-order valence-electron chi connectivity index (χ0n) is 11.9. The quantitative estimate of drug-likeness (QED) is 0.758. The molecule has 2 aliphatic rings. The highest BCUT2D eigenvalue weighted by molar-refractivity contribution is 4.88. The predicted molar refractivity (Wildman–Crippen MR) is 73.4 cm³/mol. The average Bonchev–Trinajstić information content (AvgIpc) is 3.03. The molecule has 2 atom stereocenters. The van der Waals surface area contributed by atoms with Crippen molar-refractivity contribution in [1.29, 1.82) is 0 Å². The molecular formula is C14H29N3. The van der Waals surface area contributed by atoms with Gasteiger partial charge in [0, 0.05) is 37.3 Å². The highest BCUT2D eigenvalue weighted by atomic mass is 15.2. The summed E-state index contributed by atoms with van der Waals surface area (Å²) in [5.74, 6) is 0. The molecule has 0 aromatic rings. The maximum Gasteiger partial charge on any atom is 0.0207 e. The van der Waals surface area contributed by atoms with Gasteiger partial charge in [-0.1, -0.05) is 0 Å². The lowest BCUT2D eigenvalue weighted by molar-refractivity contribution is 0.230. The molecule has 1 heterocycles. The number of likely N-dealkylation sites (tertiary alicyclic amines) is 1. The fourth-order valence-electron chi connectivity index (χ4n) is 2.75. The van der Waals surface area contributed by atoms with Gasteiger partial charge in [0.15, 0.2) is 0 Å². The van der Waals surface area contributed by atoms with Crippen LogP contribution in [0, 0.1) is 0 Å². The van der Waals surface area contributed by atoms with Gasteiger partial charge in [-0.2, -0.15) is 0 Å². The van der Waals surface area contributed by atoms with E-state index >= 15 is 0 Å². The van der Waals surface area contributed by atoms with Gasteiger partial charge in [-0.3, -0.25) is 9.80 Å². The zero-order chi connectivity index (χ0) is 12.4. The van der Waals surface area contributed by atoms with Crippen molar-refractivity contribution in [2.45, 2.75) is 64.2 Å². The van der Waals surface area contributed by atoms with Crippen LogP contribution in [0.1, 0.15) is 40.0 Å². The van der Waals surface area contributed by atoms with Crippen molar-refractivity contribution >= 4 is 0 Å². The van der Waals surface area contributed by atoms with Crippen LogP contribution in [-0.4, -0.2) is 60.6 Å². The molecule has 3 heteroatoms. The van der Waals surface area contributed by atoms with Crippen LogP contribution in [0.2, 0.25) is 0 Å². The van der Waals surface area contributed by atoms with E-state index in [1.165, 1.54) is 32.4 Å². The van der Waals surface area contributed by atoms with Gasteiger partial charge in [-0.15, -0.1) is 0 Å². The molecule has 0 aromatic heterocycles. The Morgan fingerprint density at radius 1 is 1.24 bits per heavy atom. The van der Waals surface area contributed by atoms with Gasteiger partial charge in [0.2, 0.25) is 0 Å². The molecule has 0 spiro atoms. The van der Waals surface area contributed by atoms with Crippen LogP contribution in [-0.2, 0) is 0 Å². The number of rotatable bonds is 6. The first-order valence-electron chi connectivity index (χ1n) is 7.27. The first-order valence-corrected chi connectivity index (χ1v) is 7.27. The summed E-state index contributed by atoms with van der Waals surface area (Å²) < 4.78 is 0. The summed E-state index contributed by atoms with van der Waals surface area (Å²) in [6.45, 7) is 10.6. The van der Waals surface area contributed by atoms with Crippen molar-refractivity contribution in [3.63, 3.8) is 0 Å². The van der Waals surface area contributed by atoms with Crippen molar-refractivity contribution in [3.8, 4) is 0 Å². The van der Waals surface area contributed by atoms with E-state index in [2.05, 4.69) is 42.9 Å². The summed E-state index contributed by atoms with van der Waals surface area (Å²) in [5.41, 5.74) is 0. The third kappa shape index (κ3) is 3.67. The minimum Gasteiger partial charge on any atom is -0.311 e. The lowest BCUT2D eigenvalue weighted by atomic mass is 10.2. The number of likely N-dealkylation sites (N-methyl/N-ethyl adjacent to an activating group) is 1. The highest BCUT2D eigenvalue weighted by Crippen LogP contribution is 2.26. The van der Waals surface area contributed by atoms with Gasteiger partial charge in [0.25, 0.3) is 0 Å². The van der Waals surface area contributed by atoms with Crippen LogP contribution < -0.4 is 5.32 Å². The average molecular weight is 239 g/mol. The number of nitrogens with zero attached hydrogens (tertiary/aromatic N) is 2. The standard InChI is InChI=1S/C14H29N3/c1-11(2)17-8-7-13(10-17)15-9-12(3)16(4)14-5-6-14/h11-15H,5-10H2,1-4H3. The molecule has 1 N–H and O–H groups in total. The first-order chi connectivity index (χ1) is 8.08. The Labute approximate surface area is 107 Å². The van der Waals surface area contributed by atoms with E-state index in [9.17, 15) is 0 Å². The Morgan fingerprint density at radius 3 is 2.47 bits per heavy atom. The summed E-state index contributed by atoms with van der Waals surface area (Å²) >= 11 is 0. The van der Waals surface area contributed by atoms with Crippen LogP contribution >= 0.6 is 0 Å². The monoisotopic (exact) mass is 239 g/mol. The van der Waals surface area contributed by atoms with Gasteiger partial charge in [-0.25, -0.2) is 0 Å². The maximum absolute atomic E-state index is 3.75. The van der Waals surface area contributed by atoms with Crippen molar-refractivity contribution in [3.05, 3.63) is 0 Å². The molecular weight excluding hydrogens is 210 g/mol. The molecule has 1 saturated carbocycles. The molecule has 0 radical (unpaired) electrons. The van der Waals surface area contributed by atoms with Crippen LogP contribution in [0.3, 0.4) is 0 Å². The Kier molecular flexibility index (Phi) is 4.45. The largest absolute Gasteiger partial charge is 0.311 e. The number of nitrogens with one attached hydrogen (secondary N) is 1. The third-order valence-corrected chi connectivity index (χ3v) is 4.47. The molecule has 1 aliphatic carbocycles. The van der Waals surface area contributed by atoms with Crippen LogP contribution in [0.15, 0.2) is 0 Å². The normalized spacial score (nSPS) is 28.2. The van der Waals surface area contributed by atoms with E-state index in [0.29, 0.717) is 18.1 Å². The summed E-state index contributed by atoms with van der Waals surface area (Å²) in [6, 6.07) is 2.97. The molecule has 1 aliphatic heterocycles. The molecule has 1 saturated heterocycles. The molecule has 0 amide bonds. The Hall–Kier alpha value is -0.120. The third-order valence-electron chi connectivity index (χ3n) is 4.47. The lowest BCUT2D eigenvalue weighted by Crippen LogP contribution is -2.43. The second kappa shape index (κ2) is 5.68. The van der Waals surface area contributed by atoms with Gasteiger partial charge >= 0.3 is 0 Å². The highest BCUT2D eigenvalue weighted by Gasteiger charge is 2.30. The van der Waals surface area contributed by atoms with E-state index in [4.69, 9.17) is 0 Å². The van der Waals surface area contributed by atoms with Crippen LogP contribution in [0.5, 0.6) is 0 Å². The van der Waals surface area contributed by atoms with E-state index in [0.717, 1.165) is 12.6 Å². The van der Waals surface area contributed by atoms with E-state index in [-0.39, 0.29) is 0 Å². The fraction of sp³-hybridized carbons (Fsp3) is 1.00. The fourth-order valence-corrected chi connectivity index (χ4v) is 2.75. The van der Waals surface area contributed by atoms with Crippen molar-refractivity contribution < 1.29 is 0 Å². The maximum atomic E-state index is 3.75. The Balaban J connectivity index is 1.65. The minimum absolute atomic E-state index is 0.676. The molecule has 2 rings (SSSR count). The second-order valence-electron chi connectivity index (χ2n) is 6.23. The second-order valence-corrected chi connectivity index (χ2v) is 6.23. The molecule has 0 aromatic carbocycles. The lowest BCUT2D eigenvalue weighted by Gasteiger charge is -2.26. The van der Waals surface area contributed by atoms with Gasteiger partial charge in [0.05, 0.1) is 0 Å². The molecule has 17 heavy (non-hydrogen) atoms. The predicted octanol–water partition coefficient (Wildman–Crippen LogP) is 1.54. The molecule has 0 bridgehead atoms. The topological polar surface area (TPSA) is 18.5 Å². The van der Waals surface area contributed by atoms with E-state index in [1.54, 1.807) is 0 Å². The zero-order valence-corrected chi connectivity index (χ0v) is 11.9. The summed E-state index contributed by atoms with van der Waals surface area (Å²) in [6.07, 6.45) is 4.13. The molecule has 2 unspecified atom stereocenters. The SMILES string of the molecule is CC(C)N1CCC(NCC(C)N(C)C2CC2)C1. The van der Waals surface area contributed by atoms with Gasteiger partial charge in [-0.05, 0) is 53.6 Å². The van der Waals surface area contributed by atoms with Gasteiger partial charge in [0.1, 0.15) is 0 Å². The summed E-state index contributed by atoms with van der Waals surface area (Å²) in [5, 5.41) is 3.75. The molecule has 2 fully saturated rings. The smallest absolute Gasteiger partial charge is 0.0207 e. The van der Waals surface area contributed by atoms with Crippen LogP contribution in [0.4, 0.5) is 0 Å². The summed E-state index contributed by atoms with van der Waals surface area (Å²) in [4.78, 5) is 5.12. The molecule has 3 nitrogen and oxygen atoms in total. The van der Waals surface area contributed by atoms with Crippen LogP contribution in [0.25, 0.3) is 0 Å². The number of hydrogen-bond acceptors (Lipinski definition) is 3. The van der Waals surface area contributed by atoms with Crippen molar-refractivity contribution in [2.75, 3.05) is 26.7 Å². The first kappa shape index (κ1) is 13.3. The number of hydrogen-bond donors (Lipinski definition) is 1. The Bertz CT molecular complexity index is 238. The minimum atomic E-state index is 0.676. The van der Waals surface area contributed by atoms with E-state index < -0.39 is 0 Å². The van der Waals surface area contributed by atoms with Gasteiger partial charge < -0.3 is 5.32 Å². The summed E-state index contributed by atoms with van der Waals surface area (Å²) in [7, 11) is 2.28. The van der Waals surface area contributed by atoms with E-state index in [1.807, 2.05) is 0 Å². The Morgan fingerprint density at radius 2 is 1.94 bits per heavy atom. The molecule has 100 valence electrons. The van der Waals surface area contributed by atoms with Crippen molar-refractivity contribution in [2.24, 2.45) is 0 Å².